The van der Waals surface area contributed by atoms with Crippen molar-refractivity contribution < 1.29 is 41.8 Å². The SMILES string of the molecule is O=C(O)CON=Cc1cccc(OCc2ccc(F)c(F)c2)c1OCc1ccc(F)c(F)c1. The van der Waals surface area contributed by atoms with Crippen LogP contribution >= 0.6 is 0 Å². The summed E-state index contributed by atoms with van der Waals surface area (Å²) in [4.78, 5) is 15.2. The van der Waals surface area contributed by atoms with E-state index >= 15 is 0 Å². The van der Waals surface area contributed by atoms with Crippen LogP contribution in [0.2, 0.25) is 0 Å². The highest BCUT2D eigenvalue weighted by Crippen LogP contribution is 2.32. The van der Waals surface area contributed by atoms with E-state index < -0.39 is 35.8 Å². The lowest BCUT2D eigenvalue weighted by atomic mass is 10.2. The van der Waals surface area contributed by atoms with Crippen LogP contribution in [-0.4, -0.2) is 23.9 Å². The number of rotatable bonds is 10. The number of benzene rings is 3. The number of ether oxygens (including phenoxy) is 2. The summed E-state index contributed by atoms with van der Waals surface area (Å²) in [6.45, 7) is -0.956. The average Bonchev–Trinajstić information content (AvgIpc) is 2.78. The van der Waals surface area contributed by atoms with Crippen molar-refractivity contribution in [2.75, 3.05) is 6.61 Å². The van der Waals surface area contributed by atoms with Gasteiger partial charge in [0.25, 0.3) is 0 Å². The molecule has 0 spiro atoms. The molecule has 0 bridgehead atoms. The zero-order chi connectivity index (χ0) is 23.8. The molecule has 0 fully saturated rings. The third kappa shape index (κ3) is 6.70. The molecule has 0 atom stereocenters. The monoisotopic (exact) mass is 463 g/mol. The number of carboxylic acids is 1. The maximum atomic E-state index is 13.5. The average molecular weight is 463 g/mol. The Morgan fingerprint density at radius 2 is 1.45 bits per heavy atom. The lowest BCUT2D eigenvalue weighted by Gasteiger charge is -2.15. The van der Waals surface area contributed by atoms with Crippen LogP contribution in [-0.2, 0) is 22.8 Å². The van der Waals surface area contributed by atoms with Crippen LogP contribution < -0.4 is 9.47 Å². The summed E-state index contributed by atoms with van der Waals surface area (Å²) in [5.41, 5.74) is 1.00. The number of carbonyl (C=O) groups is 1. The van der Waals surface area contributed by atoms with E-state index in [-0.39, 0.29) is 24.7 Å². The Balaban J connectivity index is 1.83. The number of hydrogen-bond acceptors (Lipinski definition) is 5. The first-order chi connectivity index (χ1) is 15.8. The Hall–Kier alpha value is -4.08. The number of oxime groups is 1. The fourth-order valence-electron chi connectivity index (χ4n) is 2.66. The molecule has 3 aromatic rings. The molecule has 3 aromatic carbocycles. The first-order valence-corrected chi connectivity index (χ1v) is 9.47. The minimum atomic E-state index is -1.22. The first-order valence-electron chi connectivity index (χ1n) is 9.47. The predicted molar refractivity (Wildman–Crippen MR) is 109 cm³/mol. The van der Waals surface area contributed by atoms with E-state index in [0.29, 0.717) is 16.7 Å². The molecule has 1 N–H and O–H groups in total. The Morgan fingerprint density at radius 1 is 0.848 bits per heavy atom. The van der Waals surface area contributed by atoms with Gasteiger partial charge < -0.3 is 19.4 Å². The Labute approximate surface area is 185 Å². The van der Waals surface area contributed by atoms with E-state index in [4.69, 9.17) is 14.6 Å². The summed E-state index contributed by atoms with van der Waals surface area (Å²) >= 11 is 0. The smallest absolute Gasteiger partial charge is 0.344 e. The maximum absolute atomic E-state index is 13.5. The summed E-state index contributed by atoms with van der Waals surface area (Å²) in [6, 6.07) is 11.3. The van der Waals surface area contributed by atoms with Crippen molar-refractivity contribution in [1.29, 1.82) is 0 Å². The van der Waals surface area contributed by atoms with Gasteiger partial charge in [-0.2, -0.15) is 0 Å². The molecule has 0 aromatic heterocycles. The molecule has 33 heavy (non-hydrogen) atoms. The summed E-state index contributed by atoms with van der Waals surface area (Å²) in [7, 11) is 0. The molecular weight excluding hydrogens is 446 g/mol. The maximum Gasteiger partial charge on any atom is 0.344 e. The second-order valence-corrected chi connectivity index (χ2v) is 6.65. The third-order valence-electron chi connectivity index (χ3n) is 4.21. The van der Waals surface area contributed by atoms with Gasteiger partial charge in [0, 0.05) is 5.56 Å². The molecule has 0 aliphatic carbocycles. The van der Waals surface area contributed by atoms with Crippen molar-refractivity contribution >= 4 is 12.2 Å². The molecule has 0 saturated heterocycles. The van der Waals surface area contributed by atoms with Crippen LogP contribution in [0.5, 0.6) is 11.5 Å². The van der Waals surface area contributed by atoms with E-state index in [1.165, 1.54) is 24.4 Å². The van der Waals surface area contributed by atoms with E-state index in [0.717, 1.165) is 24.3 Å². The normalized spacial score (nSPS) is 10.9. The molecule has 0 aliphatic heterocycles. The van der Waals surface area contributed by atoms with Gasteiger partial charge in [0.2, 0.25) is 6.61 Å². The highest BCUT2D eigenvalue weighted by atomic mass is 19.2. The van der Waals surface area contributed by atoms with Crippen molar-refractivity contribution in [3.63, 3.8) is 0 Å². The number of carboxylic acid groups (broad SMARTS) is 1. The highest BCUT2D eigenvalue weighted by molar-refractivity contribution is 5.84. The highest BCUT2D eigenvalue weighted by Gasteiger charge is 2.13. The fourth-order valence-corrected chi connectivity index (χ4v) is 2.66. The van der Waals surface area contributed by atoms with Gasteiger partial charge in [-0.05, 0) is 47.5 Å². The molecular formula is C23H17F4NO5. The molecule has 0 amide bonds. The fraction of sp³-hybridized carbons (Fsp3) is 0.130. The van der Waals surface area contributed by atoms with E-state index in [9.17, 15) is 22.4 Å². The summed E-state index contributed by atoms with van der Waals surface area (Å²) in [5.74, 6) is -4.96. The van der Waals surface area contributed by atoms with Crippen LogP contribution in [0.3, 0.4) is 0 Å². The van der Waals surface area contributed by atoms with Gasteiger partial charge in [-0.3, -0.25) is 0 Å². The Bertz CT molecular complexity index is 1170. The van der Waals surface area contributed by atoms with Gasteiger partial charge >= 0.3 is 5.97 Å². The quantitative estimate of drug-likeness (QED) is 0.265. The summed E-state index contributed by atoms with van der Waals surface area (Å²) in [5, 5.41) is 12.2. The lowest BCUT2D eigenvalue weighted by Crippen LogP contribution is -2.05. The first kappa shape index (κ1) is 23.6. The van der Waals surface area contributed by atoms with Gasteiger partial charge in [0.15, 0.2) is 34.8 Å². The molecule has 172 valence electrons. The largest absolute Gasteiger partial charge is 0.485 e. The number of para-hydroxylation sites is 1. The number of aliphatic carboxylic acids is 1. The van der Waals surface area contributed by atoms with Crippen LogP contribution in [0.1, 0.15) is 16.7 Å². The second kappa shape index (κ2) is 11.0. The van der Waals surface area contributed by atoms with Crippen LogP contribution in [0.25, 0.3) is 0 Å². The standard InChI is InChI=1S/C23H17F4NO5/c24-17-6-4-14(8-19(17)26)11-31-21-3-1-2-16(10-28-33-13-22(29)30)23(21)32-12-15-5-7-18(25)20(27)9-15/h1-10H,11-13H2,(H,29,30). The third-order valence-corrected chi connectivity index (χ3v) is 4.21. The van der Waals surface area contributed by atoms with Crippen molar-refractivity contribution in [2.45, 2.75) is 13.2 Å². The van der Waals surface area contributed by atoms with Crippen molar-refractivity contribution in [3.8, 4) is 11.5 Å². The predicted octanol–water partition coefficient (Wildman–Crippen LogP) is 4.84. The minimum Gasteiger partial charge on any atom is -0.485 e. The molecule has 0 aliphatic rings. The number of halogens is 4. The van der Waals surface area contributed by atoms with Gasteiger partial charge in [-0.1, -0.05) is 23.4 Å². The zero-order valence-corrected chi connectivity index (χ0v) is 16.9. The van der Waals surface area contributed by atoms with Gasteiger partial charge in [-0.25, -0.2) is 22.4 Å². The van der Waals surface area contributed by atoms with Crippen LogP contribution in [0.4, 0.5) is 17.6 Å². The molecule has 0 heterocycles. The summed E-state index contributed by atoms with van der Waals surface area (Å²) < 4.78 is 64.7. The van der Waals surface area contributed by atoms with Crippen molar-refractivity contribution in [1.82, 2.24) is 0 Å². The van der Waals surface area contributed by atoms with Crippen LogP contribution in [0, 0.1) is 23.3 Å². The zero-order valence-electron chi connectivity index (χ0n) is 16.9. The molecule has 3 rings (SSSR count). The van der Waals surface area contributed by atoms with Crippen LogP contribution in [0.15, 0.2) is 59.8 Å². The van der Waals surface area contributed by atoms with E-state index in [1.54, 1.807) is 12.1 Å². The molecule has 0 saturated carbocycles. The lowest BCUT2D eigenvalue weighted by molar-refractivity contribution is -0.142. The van der Waals surface area contributed by atoms with E-state index in [2.05, 4.69) is 9.99 Å². The molecule has 0 radical (unpaired) electrons. The number of hydrogen-bond donors (Lipinski definition) is 1. The minimum absolute atomic E-state index is 0.130. The van der Waals surface area contributed by atoms with Crippen molar-refractivity contribution in [3.05, 3.63) is 94.6 Å². The Kier molecular flexibility index (Phi) is 7.85. The van der Waals surface area contributed by atoms with Gasteiger partial charge in [0.1, 0.15) is 13.2 Å². The van der Waals surface area contributed by atoms with Crippen molar-refractivity contribution in [2.24, 2.45) is 5.16 Å². The Morgan fingerprint density at radius 3 is 2.03 bits per heavy atom. The topological polar surface area (TPSA) is 77.4 Å². The van der Waals surface area contributed by atoms with E-state index in [1.807, 2.05) is 0 Å². The second-order valence-electron chi connectivity index (χ2n) is 6.65. The molecule has 0 unspecified atom stereocenters. The number of nitrogens with zero attached hydrogens (tertiary/aromatic N) is 1. The summed E-state index contributed by atoms with van der Waals surface area (Å²) in [6.07, 6.45) is 1.19. The molecule has 6 nitrogen and oxygen atoms in total. The van der Waals surface area contributed by atoms with Gasteiger partial charge in [-0.15, -0.1) is 0 Å². The molecule has 10 heteroatoms. The van der Waals surface area contributed by atoms with Gasteiger partial charge in [0.05, 0.1) is 6.21 Å².